The maximum Gasteiger partial charge on any atom is 0.209 e. The number of fused-ring (bicyclic) bond motifs is 3. The number of hydrogen-bond donors (Lipinski definition) is 1. The highest BCUT2D eigenvalue weighted by molar-refractivity contribution is 7.21. The van der Waals surface area contributed by atoms with Crippen molar-refractivity contribution >= 4 is 43.6 Å². The molecule has 4 aromatic heterocycles. The van der Waals surface area contributed by atoms with E-state index in [2.05, 4.69) is 9.97 Å². The third-order valence-electron chi connectivity index (χ3n) is 4.96. The Morgan fingerprint density at radius 1 is 0.833 bits per heavy atom. The maximum absolute atomic E-state index is 12.4. The van der Waals surface area contributed by atoms with E-state index in [1.807, 2.05) is 54.6 Å². The molecule has 0 fully saturated rings. The summed E-state index contributed by atoms with van der Waals surface area (Å²) in [5.41, 5.74) is 4.53. The first kappa shape index (κ1) is 16.9. The van der Waals surface area contributed by atoms with Crippen molar-refractivity contribution in [1.29, 1.82) is 0 Å². The van der Waals surface area contributed by atoms with Crippen molar-refractivity contribution in [3.8, 4) is 22.0 Å². The first-order valence-corrected chi connectivity index (χ1v) is 10.2. The molecule has 0 aliphatic rings. The lowest BCUT2D eigenvalue weighted by Gasteiger charge is -2.09. The fourth-order valence-electron chi connectivity index (χ4n) is 3.53. The molecular weight excluding hydrogens is 394 g/mol. The van der Waals surface area contributed by atoms with Crippen LogP contribution in [0, 0.1) is 0 Å². The van der Waals surface area contributed by atoms with Gasteiger partial charge in [-0.3, -0.25) is 9.78 Å². The van der Waals surface area contributed by atoms with Crippen LogP contribution in [0.25, 0.3) is 54.2 Å². The first-order chi connectivity index (χ1) is 14.8. The lowest BCUT2D eigenvalue weighted by molar-refractivity contribution is 1.21. The average molecular weight is 407 g/mol. The van der Waals surface area contributed by atoms with Crippen molar-refractivity contribution in [1.82, 2.24) is 24.9 Å². The summed E-state index contributed by atoms with van der Waals surface area (Å²) in [5, 5.41) is 1.76. The van der Waals surface area contributed by atoms with E-state index in [9.17, 15) is 4.79 Å². The van der Waals surface area contributed by atoms with Crippen LogP contribution in [0.2, 0.25) is 0 Å². The molecule has 0 radical (unpaired) electrons. The molecule has 2 aromatic carbocycles. The van der Waals surface area contributed by atoms with Crippen LogP contribution in [0.1, 0.15) is 0 Å². The standard InChI is InChI=1S/C23H13N5OS/c29-17-9-11-25-22-20(17)27-19(14-7-8-15-13(12-14)4-3-10-24-15)21(28-22)23-26-16-5-1-2-6-18(16)30-23/h1-12H,(H,25,28,29). The Morgan fingerprint density at radius 2 is 1.77 bits per heavy atom. The van der Waals surface area contributed by atoms with E-state index >= 15 is 0 Å². The average Bonchev–Trinajstić information content (AvgIpc) is 3.22. The Bertz CT molecular complexity index is 1600. The molecular formula is C23H13N5OS. The minimum Gasteiger partial charge on any atom is -0.345 e. The summed E-state index contributed by atoms with van der Waals surface area (Å²) in [6.45, 7) is 0. The number of hydrogen-bond acceptors (Lipinski definition) is 6. The van der Waals surface area contributed by atoms with Crippen LogP contribution in [0.15, 0.2) is 77.9 Å². The SMILES string of the molecule is O=c1cc[nH]c2nc(-c3nc4ccccc4s3)c(-c3ccc4ncccc4c3)nc12. The van der Waals surface area contributed by atoms with Crippen LogP contribution in [-0.2, 0) is 0 Å². The van der Waals surface area contributed by atoms with E-state index in [1.54, 1.807) is 23.7 Å². The summed E-state index contributed by atoms with van der Waals surface area (Å²) in [4.78, 5) is 34.1. The lowest BCUT2D eigenvalue weighted by atomic mass is 10.1. The van der Waals surface area contributed by atoms with Gasteiger partial charge in [-0.05, 0) is 30.3 Å². The molecule has 0 aliphatic carbocycles. The number of rotatable bonds is 2. The topological polar surface area (TPSA) is 84.4 Å². The third kappa shape index (κ3) is 2.67. The Labute approximate surface area is 173 Å². The fourth-order valence-corrected chi connectivity index (χ4v) is 4.49. The van der Waals surface area contributed by atoms with Crippen LogP contribution in [0.4, 0.5) is 0 Å². The second-order valence-corrected chi connectivity index (χ2v) is 7.89. The van der Waals surface area contributed by atoms with Gasteiger partial charge in [0.15, 0.2) is 11.2 Å². The van der Waals surface area contributed by atoms with Crippen molar-refractivity contribution in [2.45, 2.75) is 0 Å². The van der Waals surface area contributed by atoms with Gasteiger partial charge in [-0.15, -0.1) is 11.3 Å². The molecule has 7 heteroatoms. The molecule has 0 unspecified atom stereocenters. The molecule has 0 aliphatic heterocycles. The van der Waals surface area contributed by atoms with E-state index in [0.717, 1.165) is 31.7 Å². The molecule has 0 saturated heterocycles. The normalized spacial score (nSPS) is 11.5. The molecule has 0 saturated carbocycles. The zero-order valence-corrected chi connectivity index (χ0v) is 16.4. The first-order valence-electron chi connectivity index (χ1n) is 9.37. The Morgan fingerprint density at radius 3 is 2.70 bits per heavy atom. The van der Waals surface area contributed by atoms with Gasteiger partial charge in [-0.25, -0.2) is 15.0 Å². The number of benzene rings is 2. The second kappa shape index (κ2) is 6.53. The Hall–Kier alpha value is -3.97. The van der Waals surface area contributed by atoms with Crippen molar-refractivity contribution in [3.05, 3.63) is 83.3 Å². The van der Waals surface area contributed by atoms with Crippen molar-refractivity contribution in [2.75, 3.05) is 0 Å². The number of aromatic nitrogens is 5. The quantitative estimate of drug-likeness (QED) is 0.445. The summed E-state index contributed by atoms with van der Waals surface area (Å²) in [7, 11) is 0. The van der Waals surface area contributed by atoms with Gasteiger partial charge in [0.05, 0.1) is 15.7 Å². The highest BCUT2D eigenvalue weighted by Gasteiger charge is 2.18. The molecule has 4 heterocycles. The number of thiazole rings is 1. The van der Waals surface area contributed by atoms with Gasteiger partial charge in [0, 0.05) is 29.4 Å². The molecule has 0 bridgehead atoms. The Kier molecular flexibility index (Phi) is 3.69. The van der Waals surface area contributed by atoms with E-state index in [1.165, 1.54) is 6.07 Å². The van der Waals surface area contributed by atoms with Gasteiger partial charge in [0.1, 0.15) is 16.4 Å². The summed E-state index contributed by atoms with van der Waals surface area (Å²) in [5.74, 6) is 0. The molecule has 0 amide bonds. The van der Waals surface area contributed by atoms with Crippen LogP contribution in [0.5, 0.6) is 0 Å². The minimum atomic E-state index is -0.171. The van der Waals surface area contributed by atoms with Gasteiger partial charge < -0.3 is 4.98 Å². The molecule has 6 nitrogen and oxygen atoms in total. The number of nitrogens with one attached hydrogen (secondary N) is 1. The van der Waals surface area contributed by atoms with Crippen molar-refractivity contribution in [3.63, 3.8) is 0 Å². The van der Waals surface area contributed by atoms with Crippen molar-refractivity contribution < 1.29 is 0 Å². The van der Waals surface area contributed by atoms with E-state index < -0.39 is 0 Å². The van der Waals surface area contributed by atoms with Crippen LogP contribution < -0.4 is 5.43 Å². The molecule has 30 heavy (non-hydrogen) atoms. The van der Waals surface area contributed by atoms with E-state index in [-0.39, 0.29) is 5.43 Å². The monoisotopic (exact) mass is 407 g/mol. The summed E-state index contributed by atoms with van der Waals surface area (Å²) >= 11 is 1.56. The molecule has 6 rings (SSSR count). The lowest BCUT2D eigenvalue weighted by Crippen LogP contribution is -2.06. The van der Waals surface area contributed by atoms with Crippen molar-refractivity contribution in [2.24, 2.45) is 0 Å². The molecule has 1 N–H and O–H groups in total. The van der Waals surface area contributed by atoms with Crippen LogP contribution in [0.3, 0.4) is 0 Å². The Balaban J connectivity index is 1.68. The smallest absolute Gasteiger partial charge is 0.209 e. The number of para-hydroxylation sites is 1. The largest absolute Gasteiger partial charge is 0.345 e. The highest BCUT2D eigenvalue weighted by atomic mass is 32.1. The van der Waals surface area contributed by atoms with Crippen LogP contribution in [-0.4, -0.2) is 24.9 Å². The van der Waals surface area contributed by atoms with Gasteiger partial charge in [0.25, 0.3) is 0 Å². The van der Waals surface area contributed by atoms with Gasteiger partial charge in [-0.2, -0.15) is 0 Å². The van der Waals surface area contributed by atoms with Gasteiger partial charge in [0.2, 0.25) is 5.43 Å². The zero-order chi connectivity index (χ0) is 20.1. The van der Waals surface area contributed by atoms with Gasteiger partial charge in [-0.1, -0.05) is 24.3 Å². The number of H-pyrrole nitrogens is 1. The molecule has 0 atom stereocenters. The maximum atomic E-state index is 12.4. The summed E-state index contributed by atoms with van der Waals surface area (Å²) < 4.78 is 1.07. The van der Waals surface area contributed by atoms with E-state index in [0.29, 0.717) is 22.6 Å². The predicted octanol–water partition coefficient (Wildman–Crippen LogP) is 4.81. The number of aromatic amines is 1. The summed E-state index contributed by atoms with van der Waals surface area (Å²) in [6.07, 6.45) is 3.35. The summed E-state index contributed by atoms with van der Waals surface area (Å²) in [6, 6.07) is 19.3. The number of nitrogens with zero attached hydrogens (tertiary/aromatic N) is 4. The molecule has 6 aromatic rings. The predicted molar refractivity (Wildman–Crippen MR) is 120 cm³/mol. The molecule has 0 spiro atoms. The zero-order valence-electron chi connectivity index (χ0n) is 15.5. The fraction of sp³-hybridized carbons (Fsp3) is 0. The second-order valence-electron chi connectivity index (χ2n) is 6.86. The minimum absolute atomic E-state index is 0.171. The third-order valence-corrected chi connectivity index (χ3v) is 6.00. The highest BCUT2D eigenvalue weighted by Crippen LogP contribution is 2.35. The molecule has 142 valence electrons. The van der Waals surface area contributed by atoms with Crippen LogP contribution >= 0.6 is 11.3 Å². The van der Waals surface area contributed by atoms with E-state index in [4.69, 9.17) is 15.0 Å². The number of pyridine rings is 2. The van der Waals surface area contributed by atoms with Gasteiger partial charge >= 0.3 is 0 Å².